The summed E-state index contributed by atoms with van der Waals surface area (Å²) in [4.78, 5) is 0. The van der Waals surface area contributed by atoms with Gasteiger partial charge in [0.25, 0.3) is 0 Å². The predicted molar refractivity (Wildman–Crippen MR) is 73.3 cm³/mol. The summed E-state index contributed by atoms with van der Waals surface area (Å²) >= 11 is 0. The molecule has 1 aromatic rings. The first-order chi connectivity index (χ1) is 9.26. The average molecular weight is 264 g/mol. The van der Waals surface area contributed by atoms with Crippen LogP contribution in [0.5, 0.6) is 11.5 Å². The largest absolute Gasteiger partial charge is 0.497 e. The van der Waals surface area contributed by atoms with Gasteiger partial charge < -0.3 is 18.9 Å². The van der Waals surface area contributed by atoms with Crippen molar-refractivity contribution in [3.8, 4) is 23.8 Å². The number of methoxy groups -OCH3 is 1. The Balaban J connectivity index is 3.04. The Labute approximate surface area is 114 Å². The molecule has 4 heteroatoms. The maximum atomic E-state index is 5.57. The third-order valence-electron chi connectivity index (χ3n) is 2.42. The molecule has 104 valence electrons. The molecule has 1 aromatic carbocycles. The molecule has 0 saturated carbocycles. The van der Waals surface area contributed by atoms with Crippen molar-refractivity contribution in [1.82, 2.24) is 0 Å². The van der Waals surface area contributed by atoms with Gasteiger partial charge in [0.1, 0.15) is 18.1 Å². The molecule has 0 heterocycles. The van der Waals surface area contributed by atoms with Crippen LogP contribution in [0.1, 0.15) is 25.7 Å². The van der Waals surface area contributed by atoms with Gasteiger partial charge in [0.05, 0.1) is 12.7 Å². The van der Waals surface area contributed by atoms with E-state index in [9.17, 15) is 0 Å². The molecule has 0 fully saturated rings. The third kappa shape index (κ3) is 4.47. The average Bonchev–Trinajstić information content (AvgIpc) is 2.44. The minimum Gasteiger partial charge on any atom is -0.497 e. The third-order valence-corrected chi connectivity index (χ3v) is 2.42. The quantitative estimate of drug-likeness (QED) is 0.534. The van der Waals surface area contributed by atoms with E-state index in [2.05, 4.69) is 5.92 Å². The zero-order valence-corrected chi connectivity index (χ0v) is 11.6. The molecule has 19 heavy (non-hydrogen) atoms. The molecule has 0 unspecified atom stereocenters. The molecular weight excluding hydrogens is 244 g/mol. The van der Waals surface area contributed by atoms with Gasteiger partial charge in [0, 0.05) is 19.3 Å². The van der Waals surface area contributed by atoms with E-state index < -0.39 is 6.29 Å². The summed E-state index contributed by atoms with van der Waals surface area (Å²) in [5.41, 5.74) is 0.805. The molecule has 4 nitrogen and oxygen atoms in total. The molecule has 0 atom stereocenters. The van der Waals surface area contributed by atoms with Gasteiger partial charge in [0.2, 0.25) is 0 Å². The smallest absolute Gasteiger partial charge is 0.187 e. The van der Waals surface area contributed by atoms with Crippen molar-refractivity contribution in [2.75, 3.05) is 26.9 Å². The lowest BCUT2D eigenvalue weighted by atomic mass is 10.2. The summed E-state index contributed by atoms with van der Waals surface area (Å²) in [6.45, 7) is 5.11. The van der Waals surface area contributed by atoms with Crippen LogP contribution in [0.2, 0.25) is 0 Å². The van der Waals surface area contributed by atoms with Crippen molar-refractivity contribution < 1.29 is 18.9 Å². The Morgan fingerprint density at radius 1 is 1.21 bits per heavy atom. The highest BCUT2D eigenvalue weighted by Crippen LogP contribution is 2.32. The van der Waals surface area contributed by atoms with Crippen molar-refractivity contribution in [3.05, 3.63) is 23.8 Å². The highest BCUT2D eigenvalue weighted by molar-refractivity contribution is 5.41. The van der Waals surface area contributed by atoms with Gasteiger partial charge in [-0.2, -0.15) is 0 Å². The van der Waals surface area contributed by atoms with E-state index in [-0.39, 0.29) is 6.61 Å². The molecule has 0 aromatic heterocycles. The van der Waals surface area contributed by atoms with Gasteiger partial charge in [0.15, 0.2) is 6.29 Å². The van der Waals surface area contributed by atoms with Crippen LogP contribution in [-0.2, 0) is 9.47 Å². The summed E-state index contributed by atoms with van der Waals surface area (Å²) in [5, 5.41) is 0. The summed E-state index contributed by atoms with van der Waals surface area (Å²) in [6, 6.07) is 5.47. The number of hydrogen-bond acceptors (Lipinski definition) is 4. The molecule has 0 aliphatic rings. The van der Waals surface area contributed by atoms with Crippen molar-refractivity contribution >= 4 is 0 Å². The van der Waals surface area contributed by atoms with Crippen molar-refractivity contribution in [3.63, 3.8) is 0 Å². The predicted octanol–water partition coefficient (Wildman–Crippen LogP) is 2.78. The molecule has 0 spiro atoms. The van der Waals surface area contributed by atoms with Crippen LogP contribution in [0.4, 0.5) is 0 Å². The van der Waals surface area contributed by atoms with Crippen LogP contribution in [0.3, 0.4) is 0 Å². The standard InChI is InChI=1S/C15H20O4/c1-5-10-19-14-11-12(16-4)8-9-13(14)15(17-6-2)18-7-3/h1,8-9,11,15H,6-7,10H2,2-4H3. The molecular formula is C15H20O4. The molecule has 0 radical (unpaired) electrons. The second-order valence-electron chi connectivity index (χ2n) is 3.64. The number of benzene rings is 1. The zero-order chi connectivity index (χ0) is 14.1. The first kappa shape index (κ1) is 15.4. The summed E-state index contributed by atoms with van der Waals surface area (Å²) in [7, 11) is 1.60. The minimum absolute atomic E-state index is 0.186. The Bertz CT molecular complexity index is 417. The van der Waals surface area contributed by atoms with E-state index in [4.69, 9.17) is 25.4 Å². The molecule has 0 aliphatic carbocycles. The number of rotatable bonds is 8. The maximum Gasteiger partial charge on any atom is 0.187 e. The van der Waals surface area contributed by atoms with Crippen molar-refractivity contribution in [2.24, 2.45) is 0 Å². The van der Waals surface area contributed by atoms with Gasteiger partial charge in [-0.15, -0.1) is 6.42 Å². The Morgan fingerprint density at radius 2 is 1.89 bits per heavy atom. The number of ether oxygens (including phenoxy) is 4. The molecule has 0 saturated heterocycles. The number of terminal acetylenes is 1. The van der Waals surface area contributed by atoms with Gasteiger partial charge in [-0.05, 0) is 26.0 Å². The normalized spacial score (nSPS) is 10.3. The highest BCUT2D eigenvalue weighted by atomic mass is 16.7. The van der Waals surface area contributed by atoms with E-state index in [0.717, 1.165) is 5.56 Å². The Hall–Kier alpha value is -1.70. The maximum absolute atomic E-state index is 5.57. The van der Waals surface area contributed by atoms with Crippen LogP contribution < -0.4 is 9.47 Å². The van der Waals surface area contributed by atoms with Gasteiger partial charge in [-0.3, -0.25) is 0 Å². The topological polar surface area (TPSA) is 36.9 Å². The van der Waals surface area contributed by atoms with Gasteiger partial charge in [-0.25, -0.2) is 0 Å². The lowest BCUT2D eigenvalue weighted by Gasteiger charge is -2.20. The first-order valence-corrected chi connectivity index (χ1v) is 6.24. The minimum atomic E-state index is -0.464. The van der Waals surface area contributed by atoms with Crippen LogP contribution in [0.25, 0.3) is 0 Å². The monoisotopic (exact) mass is 264 g/mol. The van der Waals surface area contributed by atoms with Crippen molar-refractivity contribution in [2.45, 2.75) is 20.1 Å². The summed E-state index contributed by atoms with van der Waals surface area (Å²) < 4.78 is 21.8. The Kier molecular flexibility index (Phi) is 6.80. The number of hydrogen-bond donors (Lipinski definition) is 0. The lowest BCUT2D eigenvalue weighted by molar-refractivity contribution is -0.141. The van der Waals surface area contributed by atoms with E-state index in [1.54, 1.807) is 13.2 Å². The van der Waals surface area contributed by atoms with Crippen LogP contribution in [-0.4, -0.2) is 26.9 Å². The molecule has 0 bridgehead atoms. The van der Waals surface area contributed by atoms with E-state index in [1.165, 1.54) is 0 Å². The van der Waals surface area contributed by atoms with Crippen molar-refractivity contribution in [1.29, 1.82) is 0 Å². The zero-order valence-electron chi connectivity index (χ0n) is 11.6. The fraction of sp³-hybridized carbons (Fsp3) is 0.467. The van der Waals surface area contributed by atoms with Crippen LogP contribution in [0, 0.1) is 12.3 Å². The fourth-order valence-corrected chi connectivity index (χ4v) is 1.61. The molecule has 1 rings (SSSR count). The lowest BCUT2D eigenvalue weighted by Crippen LogP contribution is -2.11. The van der Waals surface area contributed by atoms with Gasteiger partial charge in [-0.1, -0.05) is 5.92 Å². The second kappa shape index (κ2) is 8.41. The molecule has 0 aliphatic heterocycles. The fourth-order valence-electron chi connectivity index (χ4n) is 1.61. The Morgan fingerprint density at radius 3 is 2.42 bits per heavy atom. The molecule has 0 N–H and O–H groups in total. The summed E-state index contributed by atoms with van der Waals surface area (Å²) in [6.07, 6.45) is 4.76. The van der Waals surface area contributed by atoms with Gasteiger partial charge >= 0.3 is 0 Å². The van der Waals surface area contributed by atoms with Crippen LogP contribution in [0.15, 0.2) is 18.2 Å². The second-order valence-corrected chi connectivity index (χ2v) is 3.64. The van der Waals surface area contributed by atoms with E-state index in [0.29, 0.717) is 24.7 Å². The SMILES string of the molecule is C#CCOc1cc(OC)ccc1C(OCC)OCC. The van der Waals surface area contributed by atoms with Crippen LogP contribution >= 0.6 is 0 Å². The highest BCUT2D eigenvalue weighted by Gasteiger charge is 2.17. The first-order valence-electron chi connectivity index (χ1n) is 6.24. The van der Waals surface area contributed by atoms with E-state index in [1.807, 2.05) is 26.0 Å². The molecule has 0 amide bonds. The summed E-state index contributed by atoms with van der Waals surface area (Å²) in [5.74, 6) is 3.75. The van der Waals surface area contributed by atoms with E-state index >= 15 is 0 Å².